The monoisotopic (exact) mass is 332 g/mol. The molecule has 0 saturated heterocycles. The molecule has 2 aromatic rings. The van der Waals surface area contributed by atoms with Crippen LogP contribution in [0.2, 0.25) is 0 Å². The van der Waals surface area contributed by atoms with Crippen LogP contribution in [0.5, 0.6) is 0 Å². The lowest BCUT2D eigenvalue weighted by molar-refractivity contribution is 0.562. The van der Waals surface area contributed by atoms with Crippen LogP contribution in [0.4, 0.5) is 8.78 Å². The minimum absolute atomic E-state index is 0.0886. The molecule has 0 fully saturated rings. The summed E-state index contributed by atoms with van der Waals surface area (Å²) >= 11 is 1.32. The molecule has 0 aliphatic rings. The van der Waals surface area contributed by atoms with Crippen LogP contribution in [0.3, 0.4) is 0 Å². The van der Waals surface area contributed by atoms with Gasteiger partial charge in [-0.25, -0.2) is 21.9 Å². The highest BCUT2D eigenvalue weighted by Crippen LogP contribution is 2.19. The van der Waals surface area contributed by atoms with E-state index in [-0.39, 0.29) is 17.0 Å². The summed E-state index contributed by atoms with van der Waals surface area (Å²) in [5, 5.41) is 4.45. The first-order chi connectivity index (χ1) is 9.92. The van der Waals surface area contributed by atoms with Gasteiger partial charge in [0.2, 0.25) is 10.0 Å². The van der Waals surface area contributed by atoms with E-state index in [2.05, 4.69) is 10.0 Å². The minimum Gasteiger partial charge on any atom is -0.315 e. The fraction of sp³-hybridized carbons (Fsp3) is 0.231. The van der Waals surface area contributed by atoms with Gasteiger partial charge in [0.1, 0.15) is 11.6 Å². The van der Waals surface area contributed by atoms with Gasteiger partial charge < -0.3 is 5.32 Å². The van der Waals surface area contributed by atoms with Crippen LogP contribution in [-0.2, 0) is 23.1 Å². The van der Waals surface area contributed by atoms with E-state index in [1.807, 2.05) is 0 Å². The summed E-state index contributed by atoms with van der Waals surface area (Å²) in [6, 6.07) is 4.58. The normalized spacial score (nSPS) is 11.8. The lowest BCUT2D eigenvalue weighted by atomic mass is 10.2. The standard InChI is InChI=1S/C13H14F2N2O2S2/c1-16-7-11-5-12(8-20-11)21(18,19)17-6-9-2-3-10(14)4-13(9)15/h2-5,8,16-17H,6-7H2,1H3. The molecule has 21 heavy (non-hydrogen) atoms. The van der Waals surface area contributed by atoms with E-state index in [1.165, 1.54) is 22.8 Å². The molecule has 1 heterocycles. The van der Waals surface area contributed by atoms with E-state index in [1.54, 1.807) is 13.1 Å². The quantitative estimate of drug-likeness (QED) is 0.853. The third kappa shape index (κ3) is 4.07. The third-order valence-electron chi connectivity index (χ3n) is 2.76. The Hall–Kier alpha value is -1.35. The lowest BCUT2D eigenvalue weighted by Crippen LogP contribution is -2.23. The molecule has 1 aromatic heterocycles. The molecule has 4 nitrogen and oxygen atoms in total. The first-order valence-corrected chi connectivity index (χ1v) is 8.44. The summed E-state index contributed by atoms with van der Waals surface area (Å²) in [4.78, 5) is 1.02. The van der Waals surface area contributed by atoms with Crippen molar-refractivity contribution < 1.29 is 17.2 Å². The fourth-order valence-corrected chi connectivity index (χ4v) is 3.98. The van der Waals surface area contributed by atoms with Gasteiger partial charge in [-0.2, -0.15) is 0 Å². The maximum atomic E-state index is 13.5. The molecule has 0 bridgehead atoms. The number of halogens is 2. The molecular formula is C13H14F2N2O2S2. The first kappa shape index (κ1) is 16.0. The molecular weight excluding hydrogens is 318 g/mol. The predicted octanol–water partition coefficient (Wildman–Crippen LogP) is 2.22. The molecule has 1 aromatic carbocycles. The minimum atomic E-state index is -3.71. The zero-order chi connectivity index (χ0) is 15.5. The number of benzene rings is 1. The molecule has 0 amide bonds. The average Bonchev–Trinajstić information content (AvgIpc) is 2.88. The molecule has 0 atom stereocenters. The maximum absolute atomic E-state index is 13.5. The van der Waals surface area contributed by atoms with Gasteiger partial charge >= 0.3 is 0 Å². The SMILES string of the molecule is CNCc1cc(S(=O)(=O)NCc2ccc(F)cc2F)cs1. The zero-order valence-electron chi connectivity index (χ0n) is 11.2. The molecule has 0 spiro atoms. The topological polar surface area (TPSA) is 58.2 Å². The molecule has 0 unspecified atom stereocenters. The summed E-state index contributed by atoms with van der Waals surface area (Å²) in [7, 11) is -1.94. The molecule has 114 valence electrons. The van der Waals surface area contributed by atoms with E-state index in [9.17, 15) is 17.2 Å². The van der Waals surface area contributed by atoms with Crippen molar-refractivity contribution in [3.8, 4) is 0 Å². The van der Waals surface area contributed by atoms with Crippen molar-refractivity contribution in [1.29, 1.82) is 0 Å². The van der Waals surface area contributed by atoms with Gasteiger partial charge in [0.25, 0.3) is 0 Å². The molecule has 2 rings (SSSR count). The Kier molecular flexibility index (Phi) is 5.04. The van der Waals surface area contributed by atoms with Crippen molar-refractivity contribution in [3.05, 3.63) is 51.7 Å². The second kappa shape index (κ2) is 6.61. The van der Waals surface area contributed by atoms with E-state index in [0.29, 0.717) is 6.54 Å². The third-order valence-corrected chi connectivity index (χ3v) is 5.23. The van der Waals surface area contributed by atoms with Gasteiger partial charge in [-0.15, -0.1) is 11.3 Å². The van der Waals surface area contributed by atoms with Crippen LogP contribution in [0.1, 0.15) is 10.4 Å². The average molecular weight is 332 g/mol. The Morgan fingerprint density at radius 3 is 2.62 bits per heavy atom. The predicted molar refractivity (Wildman–Crippen MR) is 77.5 cm³/mol. The highest BCUT2D eigenvalue weighted by Gasteiger charge is 2.16. The van der Waals surface area contributed by atoms with Crippen LogP contribution >= 0.6 is 11.3 Å². The lowest BCUT2D eigenvalue weighted by Gasteiger charge is -2.06. The summed E-state index contributed by atoms with van der Waals surface area (Å²) in [5.41, 5.74) is 0.0886. The van der Waals surface area contributed by atoms with Gasteiger partial charge in [0.05, 0.1) is 4.90 Å². The Balaban J connectivity index is 2.10. The first-order valence-electron chi connectivity index (χ1n) is 6.08. The van der Waals surface area contributed by atoms with Gasteiger partial charge in [0.15, 0.2) is 0 Å². The highest BCUT2D eigenvalue weighted by atomic mass is 32.2. The van der Waals surface area contributed by atoms with Crippen molar-refractivity contribution >= 4 is 21.4 Å². The number of hydrogen-bond acceptors (Lipinski definition) is 4. The van der Waals surface area contributed by atoms with Gasteiger partial charge in [0, 0.05) is 35.0 Å². The number of thiophene rings is 1. The van der Waals surface area contributed by atoms with E-state index in [0.717, 1.165) is 17.0 Å². The molecule has 0 aliphatic heterocycles. The zero-order valence-corrected chi connectivity index (χ0v) is 12.8. The molecule has 8 heteroatoms. The Morgan fingerprint density at radius 1 is 1.19 bits per heavy atom. The summed E-state index contributed by atoms with van der Waals surface area (Å²) in [5.74, 6) is -1.48. The summed E-state index contributed by atoms with van der Waals surface area (Å²) in [6.45, 7) is 0.346. The van der Waals surface area contributed by atoms with Crippen LogP contribution in [0.15, 0.2) is 34.5 Å². The van der Waals surface area contributed by atoms with Crippen LogP contribution in [-0.4, -0.2) is 15.5 Å². The molecule has 0 saturated carbocycles. The van der Waals surface area contributed by atoms with Gasteiger partial charge in [-0.1, -0.05) is 6.07 Å². The number of hydrogen-bond donors (Lipinski definition) is 2. The molecule has 2 N–H and O–H groups in total. The van der Waals surface area contributed by atoms with Crippen LogP contribution in [0, 0.1) is 11.6 Å². The highest BCUT2D eigenvalue weighted by molar-refractivity contribution is 7.89. The van der Waals surface area contributed by atoms with E-state index >= 15 is 0 Å². The molecule has 0 radical (unpaired) electrons. The molecule has 0 aliphatic carbocycles. The fourth-order valence-electron chi connectivity index (χ4n) is 1.69. The Bertz CT molecular complexity index is 730. The van der Waals surface area contributed by atoms with Crippen molar-refractivity contribution in [2.75, 3.05) is 7.05 Å². The Morgan fingerprint density at radius 2 is 1.95 bits per heavy atom. The van der Waals surface area contributed by atoms with E-state index < -0.39 is 21.7 Å². The number of sulfonamides is 1. The second-order valence-corrected chi connectivity index (χ2v) is 7.10. The van der Waals surface area contributed by atoms with Gasteiger partial charge in [-0.3, -0.25) is 0 Å². The smallest absolute Gasteiger partial charge is 0.241 e. The van der Waals surface area contributed by atoms with Crippen molar-refractivity contribution in [3.63, 3.8) is 0 Å². The van der Waals surface area contributed by atoms with Crippen molar-refractivity contribution in [2.45, 2.75) is 18.0 Å². The van der Waals surface area contributed by atoms with Gasteiger partial charge in [-0.05, 0) is 19.2 Å². The number of rotatable bonds is 6. The summed E-state index contributed by atoms with van der Waals surface area (Å²) < 4.78 is 52.7. The van der Waals surface area contributed by atoms with Crippen LogP contribution < -0.4 is 10.0 Å². The maximum Gasteiger partial charge on any atom is 0.241 e. The second-order valence-electron chi connectivity index (χ2n) is 4.34. The number of nitrogens with one attached hydrogen (secondary N) is 2. The largest absolute Gasteiger partial charge is 0.315 e. The Labute approximate surface area is 125 Å². The summed E-state index contributed by atoms with van der Waals surface area (Å²) in [6.07, 6.45) is 0. The van der Waals surface area contributed by atoms with E-state index in [4.69, 9.17) is 0 Å². The van der Waals surface area contributed by atoms with Crippen molar-refractivity contribution in [2.24, 2.45) is 0 Å². The van der Waals surface area contributed by atoms with Crippen LogP contribution in [0.25, 0.3) is 0 Å². The van der Waals surface area contributed by atoms with Crippen molar-refractivity contribution in [1.82, 2.24) is 10.0 Å².